The summed E-state index contributed by atoms with van der Waals surface area (Å²) in [7, 11) is 0. The molecule has 0 unspecified atom stereocenters. The maximum atomic E-state index is 5.93. The van der Waals surface area contributed by atoms with Crippen molar-refractivity contribution in [3.05, 3.63) is 40.9 Å². The number of thiazole rings is 1. The molecule has 108 valence electrons. The summed E-state index contributed by atoms with van der Waals surface area (Å²) in [6.45, 7) is 5.12. The van der Waals surface area contributed by atoms with Gasteiger partial charge in [0.2, 0.25) is 0 Å². The van der Waals surface area contributed by atoms with E-state index in [4.69, 9.17) is 10.7 Å². The maximum Gasteiger partial charge on any atom is 0.123 e. The van der Waals surface area contributed by atoms with Crippen LogP contribution in [0, 0.1) is 6.92 Å². The molecule has 0 saturated carbocycles. The van der Waals surface area contributed by atoms with E-state index >= 15 is 0 Å². The summed E-state index contributed by atoms with van der Waals surface area (Å²) >= 11 is 1.72. The highest BCUT2D eigenvalue weighted by molar-refractivity contribution is 7.13. The molecule has 0 bridgehead atoms. The van der Waals surface area contributed by atoms with Crippen molar-refractivity contribution in [2.24, 2.45) is 5.73 Å². The summed E-state index contributed by atoms with van der Waals surface area (Å²) in [6.07, 6.45) is 1.11. The van der Waals surface area contributed by atoms with Gasteiger partial charge in [-0.2, -0.15) is 0 Å². The van der Waals surface area contributed by atoms with Gasteiger partial charge in [-0.05, 0) is 13.3 Å². The fourth-order valence-corrected chi connectivity index (χ4v) is 3.26. The fourth-order valence-electron chi connectivity index (χ4n) is 2.44. The largest absolute Gasteiger partial charge is 0.326 e. The van der Waals surface area contributed by atoms with E-state index in [2.05, 4.69) is 41.5 Å². The molecule has 1 atom stereocenters. The number of likely N-dealkylation sites (tertiary alicyclic amines) is 1. The Balaban J connectivity index is 0.00000147. The smallest absolute Gasteiger partial charge is 0.123 e. The van der Waals surface area contributed by atoms with Gasteiger partial charge in [0.05, 0.1) is 5.69 Å². The van der Waals surface area contributed by atoms with E-state index in [1.807, 2.05) is 0 Å². The van der Waals surface area contributed by atoms with Crippen LogP contribution < -0.4 is 5.73 Å². The maximum absolute atomic E-state index is 5.93. The normalized spacial score (nSPS) is 19.0. The number of halogens is 1. The minimum atomic E-state index is 0. The number of aromatic nitrogens is 1. The quantitative estimate of drug-likeness (QED) is 0.947. The monoisotopic (exact) mass is 309 g/mol. The minimum Gasteiger partial charge on any atom is -0.326 e. The van der Waals surface area contributed by atoms with Crippen molar-refractivity contribution in [1.82, 2.24) is 9.88 Å². The van der Waals surface area contributed by atoms with E-state index in [1.54, 1.807) is 11.3 Å². The molecule has 20 heavy (non-hydrogen) atoms. The lowest BCUT2D eigenvalue weighted by atomic mass is 10.2. The first-order chi connectivity index (χ1) is 9.20. The molecule has 2 aromatic rings. The van der Waals surface area contributed by atoms with Gasteiger partial charge in [0.1, 0.15) is 5.01 Å². The van der Waals surface area contributed by atoms with E-state index in [-0.39, 0.29) is 12.4 Å². The number of hydrogen-bond acceptors (Lipinski definition) is 4. The molecule has 3 rings (SSSR count). The molecule has 3 nitrogen and oxygen atoms in total. The lowest BCUT2D eigenvalue weighted by Gasteiger charge is -2.12. The number of rotatable bonds is 3. The average molecular weight is 310 g/mol. The Kier molecular flexibility index (Phi) is 5.16. The van der Waals surface area contributed by atoms with Crippen LogP contribution in [-0.4, -0.2) is 29.0 Å². The standard InChI is InChI=1S/C15H19N3S.ClH/c1-11-2-4-12(5-3-11)15-17-14(10-19-15)9-18-7-6-13(16)8-18;/h2-5,10,13H,6-9,16H2,1H3;1H/t13-;/m0./s1. The summed E-state index contributed by atoms with van der Waals surface area (Å²) < 4.78 is 0. The molecule has 2 heterocycles. The first kappa shape index (κ1) is 15.4. The third-order valence-corrected chi connectivity index (χ3v) is 4.48. The van der Waals surface area contributed by atoms with Gasteiger partial charge in [-0.25, -0.2) is 4.98 Å². The van der Waals surface area contributed by atoms with Crippen LogP contribution in [0.5, 0.6) is 0 Å². The molecular weight excluding hydrogens is 290 g/mol. The number of nitrogens with two attached hydrogens (primary N) is 1. The van der Waals surface area contributed by atoms with Crippen molar-refractivity contribution in [1.29, 1.82) is 0 Å². The van der Waals surface area contributed by atoms with Crippen molar-refractivity contribution >= 4 is 23.7 Å². The predicted octanol–water partition coefficient (Wildman–Crippen LogP) is 3.07. The van der Waals surface area contributed by atoms with Gasteiger partial charge in [-0.3, -0.25) is 4.90 Å². The molecule has 1 aromatic carbocycles. The van der Waals surface area contributed by atoms with Gasteiger partial charge >= 0.3 is 0 Å². The Bertz CT molecular complexity index is 553. The van der Waals surface area contributed by atoms with E-state index in [0.29, 0.717) is 6.04 Å². The molecule has 1 aromatic heterocycles. The average Bonchev–Trinajstić information content (AvgIpc) is 3.00. The Morgan fingerprint density at radius 1 is 1.35 bits per heavy atom. The molecule has 1 aliphatic rings. The SMILES string of the molecule is Cc1ccc(-c2nc(CN3CC[C@H](N)C3)cs2)cc1.Cl. The summed E-state index contributed by atoms with van der Waals surface area (Å²) in [5.74, 6) is 0. The zero-order chi connectivity index (χ0) is 13.2. The Morgan fingerprint density at radius 2 is 2.10 bits per heavy atom. The van der Waals surface area contributed by atoms with Gasteiger partial charge in [-0.1, -0.05) is 29.8 Å². The van der Waals surface area contributed by atoms with Crippen LogP contribution in [0.1, 0.15) is 17.7 Å². The van der Waals surface area contributed by atoms with E-state index in [0.717, 1.165) is 36.8 Å². The topological polar surface area (TPSA) is 42.2 Å². The van der Waals surface area contributed by atoms with Crippen LogP contribution in [0.3, 0.4) is 0 Å². The summed E-state index contributed by atoms with van der Waals surface area (Å²) in [6, 6.07) is 8.90. The second-order valence-electron chi connectivity index (χ2n) is 5.29. The van der Waals surface area contributed by atoms with E-state index in [1.165, 1.54) is 11.1 Å². The second-order valence-corrected chi connectivity index (χ2v) is 6.15. The Hall–Kier alpha value is -0.940. The number of benzene rings is 1. The van der Waals surface area contributed by atoms with Gasteiger partial charge in [-0.15, -0.1) is 23.7 Å². The first-order valence-corrected chi connectivity index (χ1v) is 7.58. The van der Waals surface area contributed by atoms with Crippen molar-refractivity contribution in [3.8, 4) is 10.6 Å². The third-order valence-electron chi connectivity index (χ3n) is 3.54. The van der Waals surface area contributed by atoms with Crippen molar-refractivity contribution in [3.63, 3.8) is 0 Å². The summed E-state index contributed by atoms with van der Waals surface area (Å²) in [5, 5.41) is 3.28. The van der Waals surface area contributed by atoms with Gasteiger partial charge in [0, 0.05) is 36.6 Å². The molecule has 1 aliphatic heterocycles. The Morgan fingerprint density at radius 3 is 2.75 bits per heavy atom. The predicted molar refractivity (Wildman–Crippen MR) is 87.4 cm³/mol. The highest BCUT2D eigenvalue weighted by atomic mass is 35.5. The molecule has 0 spiro atoms. The summed E-state index contributed by atoms with van der Waals surface area (Å²) in [4.78, 5) is 7.12. The van der Waals surface area contributed by atoms with Crippen molar-refractivity contribution < 1.29 is 0 Å². The van der Waals surface area contributed by atoms with Crippen LogP contribution in [-0.2, 0) is 6.54 Å². The van der Waals surface area contributed by atoms with Gasteiger partial charge in [0.25, 0.3) is 0 Å². The number of aryl methyl sites for hydroxylation is 1. The minimum absolute atomic E-state index is 0. The summed E-state index contributed by atoms with van der Waals surface area (Å²) in [5.41, 5.74) is 9.58. The highest BCUT2D eigenvalue weighted by Gasteiger charge is 2.19. The lowest BCUT2D eigenvalue weighted by Crippen LogP contribution is -2.26. The molecule has 0 amide bonds. The molecule has 5 heteroatoms. The first-order valence-electron chi connectivity index (χ1n) is 6.70. The van der Waals surface area contributed by atoms with E-state index in [9.17, 15) is 0 Å². The van der Waals surface area contributed by atoms with Crippen LogP contribution in [0.4, 0.5) is 0 Å². The van der Waals surface area contributed by atoms with Crippen LogP contribution in [0.2, 0.25) is 0 Å². The van der Waals surface area contributed by atoms with E-state index < -0.39 is 0 Å². The fraction of sp³-hybridized carbons (Fsp3) is 0.400. The lowest BCUT2D eigenvalue weighted by molar-refractivity contribution is 0.323. The zero-order valence-electron chi connectivity index (χ0n) is 11.6. The van der Waals surface area contributed by atoms with Gasteiger partial charge < -0.3 is 5.73 Å². The molecular formula is C15H20ClN3S. The highest BCUT2D eigenvalue weighted by Crippen LogP contribution is 2.25. The Labute approximate surface area is 130 Å². The number of hydrogen-bond donors (Lipinski definition) is 1. The van der Waals surface area contributed by atoms with Crippen LogP contribution >= 0.6 is 23.7 Å². The second kappa shape index (κ2) is 6.68. The van der Waals surface area contributed by atoms with Gasteiger partial charge in [0.15, 0.2) is 0 Å². The zero-order valence-corrected chi connectivity index (χ0v) is 13.2. The molecule has 1 fully saturated rings. The molecule has 0 aliphatic carbocycles. The van der Waals surface area contributed by atoms with Crippen LogP contribution in [0.25, 0.3) is 10.6 Å². The third kappa shape index (κ3) is 3.58. The molecule has 1 saturated heterocycles. The molecule has 0 radical (unpaired) electrons. The molecule has 2 N–H and O–H groups in total. The number of nitrogens with zero attached hydrogens (tertiary/aromatic N) is 2. The van der Waals surface area contributed by atoms with Crippen LogP contribution in [0.15, 0.2) is 29.6 Å². The van der Waals surface area contributed by atoms with Crippen molar-refractivity contribution in [2.75, 3.05) is 13.1 Å². The van der Waals surface area contributed by atoms with Crippen molar-refractivity contribution in [2.45, 2.75) is 25.9 Å².